The summed E-state index contributed by atoms with van der Waals surface area (Å²) in [6.07, 6.45) is 0. The second-order valence-electron chi connectivity index (χ2n) is 2.48. The van der Waals surface area contributed by atoms with E-state index in [0.29, 0.717) is 16.9 Å². The minimum absolute atomic E-state index is 0.371. The van der Waals surface area contributed by atoms with Crippen molar-refractivity contribution < 1.29 is 9.53 Å². The second-order valence-corrected chi connectivity index (χ2v) is 2.48. The number of esters is 1. The maximum atomic E-state index is 11.1. The van der Waals surface area contributed by atoms with E-state index in [2.05, 4.69) is 10.2 Å². The SMILES string of the molecule is COC(=O)c1cc(N)cc(NN)c1. The number of hydrogen-bond acceptors (Lipinski definition) is 5. The van der Waals surface area contributed by atoms with Gasteiger partial charge in [-0.05, 0) is 18.2 Å². The van der Waals surface area contributed by atoms with Gasteiger partial charge in [0.05, 0.1) is 18.4 Å². The van der Waals surface area contributed by atoms with Crippen LogP contribution in [-0.2, 0) is 4.74 Å². The smallest absolute Gasteiger partial charge is 0.337 e. The molecule has 0 aliphatic heterocycles. The molecule has 0 saturated carbocycles. The van der Waals surface area contributed by atoms with Crippen molar-refractivity contribution in [1.82, 2.24) is 0 Å². The maximum absolute atomic E-state index is 11.1. The number of benzene rings is 1. The van der Waals surface area contributed by atoms with Gasteiger partial charge in [-0.2, -0.15) is 0 Å². The Morgan fingerprint density at radius 2 is 2.15 bits per heavy atom. The van der Waals surface area contributed by atoms with E-state index in [-0.39, 0.29) is 0 Å². The standard InChI is InChI=1S/C8H11N3O2/c1-13-8(12)5-2-6(9)4-7(3-5)11-10/h2-4,11H,9-10H2,1H3. The topological polar surface area (TPSA) is 90.4 Å². The van der Waals surface area contributed by atoms with Crippen LogP contribution in [0.1, 0.15) is 10.4 Å². The summed E-state index contributed by atoms with van der Waals surface area (Å²) in [5.41, 5.74) is 9.32. The third-order valence-electron chi connectivity index (χ3n) is 1.54. The Bertz CT molecular complexity index is 325. The number of hydrazine groups is 1. The first kappa shape index (κ1) is 9.34. The highest BCUT2D eigenvalue weighted by atomic mass is 16.5. The van der Waals surface area contributed by atoms with Crippen molar-refractivity contribution >= 4 is 17.3 Å². The van der Waals surface area contributed by atoms with E-state index in [1.165, 1.54) is 13.2 Å². The van der Waals surface area contributed by atoms with Crippen LogP contribution in [0.15, 0.2) is 18.2 Å². The van der Waals surface area contributed by atoms with Crippen LogP contribution in [0.4, 0.5) is 11.4 Å². The first-order valence-corrected chi connectivity index (χ1v) is 3.63. The molecule has 0 amide bonds. The molecule has 0 atom stereocenters. The number of carbonyl (C=O) groups excluding carboxylic acids is 1. The largest absolute Gasteiger partial charge is 0.465 e. The number of anilines is 2. The first-order valence-electron chi connectivity index (χ1n) is 3.63. The van der Waals surface area contributed by atoms with Crippen LogP contribution in [0.3, 0.4) is 0 Å². The molecule has 0 aliphatic rings. The highest BCUT2D eigenvalue weighted by molar-refractivity contribution is 5.91. The Morgan fingerprint density at radius 1 is 1.46 bits per heavy atom. The van der Waals surface area contributed by atoms with E-state index in [4.69, 9.17) is 11.6 Å². The predicted molar refractivity (Wildman–Crippen MR) is 50.0 cm³/mol. The van der Waals surface area contributed by atoms with Crippen molar-refractivity contribution in [2.24, 2.45) is 5.84 Å². The van der Waals surface area contributed by atoms with Gasteiger partial charge >= 0.3 is 5.97 Å². The number of rotatable bonds is 2. The molecule has 1 aromatic carbocycles. The average Bonchev–Trinajstić information content (AvgIpc) is 2.15. The Hall–Kier alpha value is -1.75. The normalized spacial score (nSPS) is 9.38. The van der Waals surface area contributed by atoms with E-state index in [0.717, 1.165) is 0 Å². The van der Waals surface area contributed by atoms with Crippen molar-refractivity contribution in [1.29, 1.82) is 0 Å². The number of carbonyl (C=O) groups is 1. The van der Waals surface area contributed by atoms with Gasteiger partial charge < -0.3 is 15.9 Å². The van der Waals surface area contributed by atoms with Crippen LogP contribution in [0, 0.1) is 0 Å². The van der Waals surface area contributed by atoms with Gasteiger partial charge in [0.2, 0.25) is 0 Å². The summed E-state index contributed by atoms with van der Waals surface area (Å²) in [5, 5.41) is 0. The molecule has 0 saturated heterocycles. The van der Waals surface area contributed by atoms with Crippen LogP contribution in [0.5, 0.6) is 0 Å². The number of ether oxygens (including phenoxy) is 1. The summed E-state index contributed by atoms with van der Waals surface area (Å²) in [4.78, 5) is 11.1. The molecule has 0 aliphatic carbocycles. The number of nitrogens with one attached hydrogen (secondary N) is 1. The van der Waals surface area contributed by atoms with Gasteiger partial charge in [0.1, 0.15) is 0 Å². The van der Waals surface area contributed by atoms with Crippen LogP contribution in [-0.4, -0.2) is 13.1 Å². The molecule has 70 valence electrons. The molecule has 1 aromatic rings. The summed E-state index contributed by atoms with van der Waals surface area (Å²) in [7, 11) is 1.31. The molecule has 0 heterocycles. The number of nitrogen functional groups attached to an aromatic ring is 2. The third-order valence-corrected chi connectivity index (χ3v) is 1.54. The van der Waals surface area contributed by atoms with Crippen LogP contribution in [0.25, 0.3) is 0 Å². The van der Waals surface area contributed by atoms with E-state index in [1.54, 1.807) is 12.1 Å². The van der Waals surface area contributed by atoms with Gasteiger partial charge in [-0.3, -0.25) is 5.84 Å². The molecule has 0 fully saturated rings. The van der Waals surface area contributed by atoms with Crippen molar-refractivity contribution in [3.05, 3.63) is 23.8 Å². The van der Waals surface area contributed by atoms with Gasteiger partial charge in [0, 0.05) is 5.69 Å². The molecule has 5 heteroatoms. The van der Waals surface area contributed by atoms with E-state index < -0.39 is 5.97 Å². The Balaban J connectivity index is 3.08. The molecule has 5 N–H and O–H groups in total. The quantitative estimate of drug-likeness (QED) is 0.265. The summed E-state index contributed by atoms with van der Waals surface area (Å²) in [6, 6.07) is 4.70. The van der Waals surface area contributed by atoms with E-state index in [9.17, 15) is 4.79 Å². The lowest BCUT2D eigenvalue weighted by molar-refractivity contribution is 0.0601. The van der Waals surface area contributed by atoms with E-state index >= 15 is 0 Å². The lowest BCUT2D eigenvalue weighted by atomic mass is 10.2. The van der Waals surface area contributed by atoms with Crippen molar-refractivity contribution in [2.45, 2.75) is 0 Å². The van der Waals surface area contributed by atoms with Crippen LogP contribution in [0.2, 0.25) is 0 Å². The maximum Gasteiger partial charge on any atom is 0.337 e. The first-order chi connectivity index (χ1) is 6.17. The summed E-state index contributed by atoms with van der Waals surface area (Å²) in [5.74, 6) is 4.73. The van der Waals surface area contributed by atoms with Crippen molar-refractivity contribution in [2.75, 3.05) is 18.3 Å². The Morgan fingerprint density at radius 3 is 2.69 bits per heavy atom. The molecule has 0 spiro atoms. The fraction of sp³-hybridized carbons (Fsp3) is 0.125. The fourth-order valence-corrected chi connectivity index (χ4v) is 0.971. The highest BCUT2D eigenvalue weighted by Gasteiger charge is 2.06. The van der Waals surface area contributed by atoms with Crippen LogP contribution < -0.4 is 17.0 Å². The summed E-state index contributed by atoms with van der Waals surface area (Å²) < 4.78 is 4.53. The molecule has 1 rings (SSSR count). The highest BCUT2D eigenvalue weighted by Crippen LogP contribution is 2.16. The predicted octanol–water partition coefficient (Wildman–Crippen LogP) is 0.341. The monoisotopic (exact) mass is 181 g/mol. The Labute approximate surface area is 75.6 Å². The third kappa shape index (κ3) is 2.09. The minimum Gasteiger partial charge on any atom is -0.465 e. The van der Waals surface area contributed by atoms with Gasteiger partial charge in [0.25, 0.3) is 0 Å². The molecule has 5 nitrogen and oxygen atoms in total. The number of nitrogens with two attached hydrogens (primary N) is 2. The molecule has 0 unspecified atom stereocenters. The van der Waals surface area contributed by atoms with Crippen LogP contribution >= 0.6 is 0 Å². The molecule has 0 aromatic heterocycles. The lowest BCUT2D eigenvalue weighted by Crippen LogP contribution is -2.09. The van der Waals surface area contributed by atoms with Crippen molar-refractivity contribution in [3.63, 3.8) is 0 Å². The lowest BCUT2D eigenvalue weighted by Gasteiger charge is -2.04. The van der Waals surface area contributed by atoms with Gasteiger partial charge in [-0.25, -0.2) is 4.79 Å². The van der Waals surface area contributed by atoms with Gasteiger partial charge in [-0.1, -0.05) is 0 Å². The minimum atomic E-state index is -0.441. The van der Waals surface area contributed by atoms with Gasteiger partial charge in [-0.15, -0.1) is 0 Å². The summed E-state index contributed by atoms with van der Waals surface area (Å²) in [6.45, 7) is 0. The molecule has 0 bridgehead atoms. The van der Waals surface area contributed by atoms with Crippen molar-refractivity contribution in [3.8, 4) is 0 Å². The Kier molecular flexibility index (Phi) is 2.71. The zero-order valence-electron chi connectivity index (χ0n) is 7.20. The fourth-order valence-electron chi connectivity index (χ4n) is 0.971. The number of methoxy groups -OCH3 is 1. The average molecular weight is 181 g/mol. The molecular formula is C8H11N3O2. The van der Waals surface area contributed by atoms with Gasteiger partial charge in [0.15, 0.2) is 0 Å². The second kappa shape index (κ2) is 3.77. The number of hydrogen-bond donors (Lipinski definition) is 3. The molecular weight excluding hydrogens is 170 g/mol. The molecule has 13 heavy (non-hydrogen) atoms. The zero-order valence-corrected chi connectivity index (χ0v) is 7.20. The summed E-state index contributed by atoms with van der Waals surface area (Å²) >= 11 is 0. The molecule has 0 radical (unpaired) electrons. The van der Waals surface area contributed by atoms with E-state index in [1.807, 2.05) is 0 Å². The zero-order chi connectivity index (χ0) is 9.84.